The van der Waals surface area contributed by atoms with Crippen molar-refractivity contribution >= 4 is 11.8 Å². The molecule has 27 heavy (non-hydrogen) atoms. The summed E-state index contributed by atoms with van der Waals surface area (Å²) in [7, 11) is 0. The molecule has 3 fully saturated rings. The number of ketones is 1. The first-order chi connectivity index (χ1) is 12.8. The van der Waals surface area contributed by atoms with Crippen LogP contribution >= 0.6 is 0 Å². The SMILES string of the molecule is CCCCOC(=O)C1(C(=O)/C=C/[C@@H](C)[C@H]2CC[C@H]3[C@@H](C)CCC[C@]23C)CC1. The lowest BCUT2D eigenvalue weighted by Crippen LogP contribution is -2.38. The van der Waals surface area contributed by atoms with Crippen LogP contribution in [-0.2, 0) is 14.3 Å². The number of allylic oxidation sites excluding steroid dienone is 2. The van der Waals surface area contributed by atoms with Crippen molar-refractivity contribution < 1.29 is 14.3 Å². The van der Waals surface area contributed by atoms with Crippen LogP contribution in [-0.4, -0.2) is 18.4 Å². The van der Waals surface area contributed by atoms with E-state index in [2.05, 4.69) is 33.8 Å². The van der Waals surface area contributed by atoms with Gasteiger partial charge in [0.15, 0.2) is 5.78 Å². The van der Waals surface area contributed by atoms with E-state index in [0.29, 0.717) is 36.7 Å². The average Bonchev–Trinajstić information content (AvgIpc) is 3.37. The Morgan fingerprint density at radius 1 is 1.19 bits per heavy atom. The zero-order valence-corrected chi connectivity index (χ0v) is 17.8. The standard InChI is InChI=1S/C24H38O3/c1-5-6-16-27-22(26)24(14-15-24)21(25)12-9-18(3)20-11-10-19-17(2)8-7-13-23(19,20)4/h9,12,17-20H,5-8,10-11,13-16H2,1-4H3/b12-9+/t17-,18+,19-,20+,23-/m0/s1. The highest BCUT2D eigenvalue weighted by molar-refractivity contribution is 6.11. The molecular formula is C24H38O3. The topological polar surface area (TPSA) is 43.4 Å². The molecule has 0 aromatic carbocycles. The highest BCUT2D eigenvalue weighted by atomic mass is 16.5. The molecule has 0 heterocycles. The largest absolute Gasteiger partial charge is 0.465 e. The molecule has 0 unspecified atom stereocenters. The lowest BCUT2D eigenvalue weighted by Gasteiger charge is -2.45. The van der Waals surface area contributed by atoms with Gasteiger partial charge in [0.2, 0.25) is 0 Å². The normalized spacial score (nSPS) is 35.6. The summed E-state index contributed by atoms with van der Waals surface area (Å²) in [6, 6.07) is 0. The molecule has 152 valence electrons. The zero-order chi connectivity index (χ0) is 19.7. The van der Waals surface area contributed by atoms with Crippen LogP contribution in [0.4, 0.5) is 0 Å². The van der Waals surface area contributed by atoms with Gasteiger partial charge >= 0.3 is 5.97 Å². The molecule has 3 saturated carbocycles. The van der Waals surface area contributed by atoms with Crippen molar-refractivity contribution in [1.82, 2.24) is 0 Å². The summed E-state index contributed by atoms with van der Waals surface area (Å²) < 4.78 is 5.34. The molecule has 0 spiro atoms. The molecule has 3 aliphatic rings. The second kappa shape index (κ2) is 8.09. The van der Waals surface area contributed by atoms with Crippen LogP contribution in [0.5, 0.6) is 0 Å². The van der Waals surface area contributed by atoms with Gasteiger partial charge in [-0.3, -0.25) is 9.59 Å². The van der Waals surface area contributed by atoms with Gasteiger partial charge in [0.1, 0.15) is 5.41 Å². The van der Waals surface area contributed by atoms with E-state index in [0.717, 1.165) is 24.7 Å². The summed E-state index contributed by atoms with van der Waals surface area (Å²) in [4.78, 5) is 25.1. The number of fused-ring (bicyclic) bond motifs is 1. The van der Waals surface area contributed by atoms with Gasteiger partial charge in [-0.05, 0) is 73.7 Å². The van der Waals surface area contributed by atoms with E-state index in [9.17, 15) is 9.59 Å². The molecule has 0 amide bonds. The lowest BCUT2D eigenvalue weighted by molar-refractivity contribution is -0.153. The maximum absolute atomic E-state index is 12.7. The van der Waals surface area contributed by atoms with Gasteiger partial charge in [-0.25, -0.2) is 0 Å². The van der Waals surface area contributed by atoms with Crippen LogP contribution in [0.2, 0.25) is 0 Å². The molecule has 0 N–H and O–H groups in total. The fourth-order valence-electron chi connectivity index (χ4n) is 6.12. The number of ether oxygens (including phenoxy) is 1. The first-order valence-corrected chi connectivity index (χ1v) is 11.2. The summed E-state index contributed by atoms with van der Waals surface area (Å²) in [6.45, 7) is 9.68. The molecular weight excluding hydrogens is 336 g/mol. The molecule has 3 aliphatic carbocycles. The molecule has 5 atom stereocenters. The van der Waals surface area contributed by atoms with Crippen molar-refractivity contribution in [2.45, 2.75) is 85.5 Å². The van der Waals surface area contributed by atoms with E-state index < -0.39 is 5.41 Å². The molecule has 3 rings (SSSR count). The van der Waals surface area contributed by atoms with E-state index in [4.69, 9.17) is 4.74 Å². The summed E-state index contributed by atoms with van der Waals surface area (Å²) in [5, 5.41) is 0. The summed E-state index contributed by atoms with van der Waals surface area (Å²) >= 11 is 0. The number of esters is 1. The maximum Gasteiger partial charge on any atom is 0.319 e. The van der Waals surface area contributed by atoms with E-state index in [-0.39, 0.29) is 11.8 Å². The van der Waals surface area contributed by atoms with Crippen molar-refractivity contribution in [2.75, 3.05) is 6.61 Å². The third-order valence-electron chi connectivity index (χ3n) is 8.07. The predicted octanol–water partition coefficient (Wildman–Crippen LogP) is 5.72. The number of hydrogen-bond donors (Lipinski definition) is 0. The van der Waals surface area contributed by atoms with Gasteiger partial charge in [-0.2, -0.15) is 0 Å². The van der Waals surface area contributed by atoms with Crippen molar-refractivity contribution in [2.24, 2.45) is 34.5 Å². The molecule has 0 aromatic heterocycles. The Balaban J connectivity index is 1.60. The summed E-state index contributed by atoms with van der Waals surface area (Å²) in [5.74, 6) is 2.38. The maximum atomic E-state index is 12.7. The zero-order valence-electron chi connectivity index (χ0n) is 17.8. The van der Waals surface area contributed by atoms with E-state index in [1.54, 1.807) is 6.08 Å². The van der Waals surface area contributed by atoms with Crippen molar-refractivity contribution in [1.29, 1.82) is 0 Å². The van der Waals surface area contributed by atoms with Crippen LogP contribution in [0.25, 0.3) is 0 Å². The molecule has 0 saturated heterocycles. The monoisotopic (exact) mass is 374 g/mol. The molecule has 0 radical (unpaired) electrons. The Labute approximate surface area is 165 Å². The first-order valence-electron chi connectivity index (χ1n) is 11.2. The summed E-state index contributed by atoms with van der Waals surface area (Å²) in [6.07, 6.45) is 13.6. The van der Waals surface area contributed by atoms with Crippen LogP contribution in [0.3, 0.4) is 0 Å². The molecule has 0 aliphatic heterocycles. The Kier molecular flexibility index (Phi) is 6.17. The fraction of sp³-hybridized carbons (Fsp3) is 0.833. The molecule has 3 nitrogen and oxygen atoms in total. The van der Waals surface area contributed by atoms with Crippen molar-refractivity contribution in [3.8, 4) is 0 Å². The fourth-order valence-corrected chi connectivity index (χ4v) is 6.12. The minimum Gasteiger partial charge on any atom is -0.465 e. The molecule has 3 heteroatoms. The van der Waals surface area contributed by atoms with Crippen LogP contribution < -0.4 is 0 Å². The number of carbonyl (C=O) groups excluding carboxylic acids is 2. The Morgan fingerprint density at radius 3 is 2.59 bits per heavy atom. The van der Waals surface area contributed by atoms with Crippen LogP contribution in [0.15, 0.2) is 12.2 Å². The highest BCUT2D eigenvalue weighted by Crippen LogP contribution is 2.59. The van der Waals surface area contributed by atoms with Gasteiger partial charge in [0.25, 0.3) is 0 Å². The number of carbonyl (C=O) groups is 2. The van der Waals surface area contributed by atoms with Gasteiger partial charge in [0.05, 0.1) is 6.61 Å². The number of hydrogen-bond acceptors (Lipinski definition) is 3. The molecule has 0 bridgehead atoms. The van der Waals surface area contributed by atoms with Crippen LogP contribution in [0.1, 0.15) is 85.5 Å². The number of rotatable bonds is 8. The average molecular weight is 375 g/mol. The number of unbranched alkanes of at least 4 members (excludes halogenated alkanes) is 1. The Bertz CT molecular complexity index is 588. The minimum absolute atomic E-state index is 0.0347. The highest BCUT2D eigenvalue weighted by Gasteiger charge is 2.57. The van der Waals surface area contributed by atoms with Gasteiger partial charge in [0, 0.05) is 0 Å². The van der Waals surface area contributed by atoms with E-state index in [1.165, 1.54) is 32.1 Å². The minimum atomic E-state index is -0.856. The van der Waals surface area contributed by atoms with Crippen LogP contribution in [0, 0.1) is 34.5 Å². The van der Waals surface area contributed by atoms with E-state index >= 15 is 0 Å². The Morgan fingerprint density at radius 2 is 1.93 bits per heavy atom. The van der Waals surface area contributed by atoms with Crippen molar-refractivity contribution in [3.05, 3.63) is 12.2 Å². The second-order valence-corrected chi connectivity index (χ2v) is 9.82. The Hall–Kier alpha value is -1.12. The summed E-state index contributed by atoms with van der Waals surface area (Å²) in [5.41, 5.74) is -0.438. The third kappa shape index (κ3) is 3.89. The lowest BCUT2D eigenvalue weighted by atomic mass is 9.60. The van der Waals surface area contributed by atoms with Gasteiger partial charge < -0.3 is 4.74 Å². The quantitative estimate of drug-likeness (QED) is 0.236. The van der Waals surface area contributed by atoms with E-state index in [1.807, 2.05) is 0 Å². The predicted molar refractivity (Wildman–Crippen MR) is 108 cm³/mol. The third-order valence-corrected chi connectivity index (χ3v) is 8.07. The van der Waals surface area contributed by atoms with Gasteiger partial charge in [-0.15, -0.1) is 0 Å². The van der Waals surface area contributed by atoms with Gasteiger partial charge in [-0.1, -0.05) is 53.0 Å². The molecule has 0 aromatic rings. The van der Waals surface area contributed by atoms with Crippen molar-refractivity contribution in [3.63, 3.8) is 0 Å². The second-order valence-electron chi connectivity index (χ2n) is 9.82. The smallest absolute Gasteiger partial charge is 0.319 e. The first kappa shape index (κ1) is 20.6.